The molecule has 2 aromatic carbocycles. The van der Waals surface area contributed by atoms with Gasteiger partial charge in [0.15, 0.2) is 5.11 Å². The van der Waals surface area contributed by atoms with Gasteiger partial charge in [-0.3, -0.25) is 4.79 Å². The molecule has 8 heteroatoms. The minimum Gasteiger partial charge on any atom is -0.378 e. The third kappa shape index (κ3) is 5.13. The van der Waals surface area contributed by atoms with Crippen molar-refractivity contribution in [1.29, 1.82) is 0 Å². The second-order valence-electron chi connectivity index (χ2n) is 6.81. The summed E-state index contributed by atoms with van der Waals surface area (Å²) in [6.07, 6.45) is 1.57. The molecule has 2 aromatic rings. The van der Waals surface area contributed by atoms with E-state index in [4.69, 9.17) is 23.8 Å². The van der Waals surface area contributed by atoms with Crippen LogP contribution in [0.3, 0.4) is 0 Å². The lowest BCUT2D eigenvalue weighted by molar-refractivity contribution is -0.117. The number of thiocarbonyl (C=S) groups is 1. The van der Waals surface area contributed by atoms with Gasteiger partial charge in [0.05, 0.1) is 17.8 Å². The second kappa shape index (κ2) is 9.07. The summed E-state index contributed by atoms with van der Waals surface area (Å²) in [5.41, 5.74) is 6.66. The first-order valence-corrected chi connectivity index (χ1v) is 9.78. The summed E-state index contributed by atoms with van der Waals surface area (Å²) in [7, 11) is 3.96. The zero-order valence-corrected chi connectivity index (χ0v) is 17.9. The van der Waals surface area contributed by atoms with Crippen molar-refractivity contribution in [2.75, 3.05) is 19.0 Å². The fourth-order valence-electron chi connectivity index (χ4n) is 2.98. The highest BCUT2D eigenvalue weighted by atomic mass is 35.5. The summed E-state index contributed by atoms with van der Waals surface area (Å²) in [5, 5.41) is 11.4. The summed E-state index contributed by atoms with van der Waals surface area (Å²) in [5.74, 6) is -0.308. The van der Waals surface area contributed by atoms with E-state index in [2.05, 4.69) is 21.2 Å². The number of rotatable bonds is 5. The molecule has 3 N–H and O–H groups in total. The molecule has 1 unspecified atom stereocenters. The average Bonchev–Trinajstić information content (AvgIpc) is 2.69. The van der Waals surface area contributed by atoms with Crippen LogP contribution < -0.4 is 21.0 Å². The zero-order valence-electron chi connectivity index (χ0n) is 16.4. The number of nitrogens with one attached hydrogen (secondary N) is 3. The van der Waals surface area contributed by atoms with Gasteiger partial charge in [-0.2, -0.15) is 5.10 Å². The van der Waals surface area contributed by atoms with Gasteiger partial charge < -0.3 is 15.5 Å². The molecule has 150 valence electrons. The van der Waals surface area contributed by atoms with Gasteiger partial charge in [-0.1, -0.05) is 35.9 Å². The Labute approximate surface area is 180 Å². The number of halogens is 1. The van der Waals surface area contributed by atoms with Crippen LogP contribution in [0.1, 0.15) is 24.1 Å². The second-order valence-corrected chi connectivity index (χ2v) is 7.65. The molecule has 1 atom stereocenters. The molecule has 0 spiro atoms. The van der Waals surface area contributed by atoms with Gasteiger partial charge >= 0.3 is 0 Å². The van der Waals surface area contributed by atoms with Crippen LogP contribution in [-0.2, 0) is 4.79 Å². The molecule has 1 aliphatic rings. The third-order valence-corrected chi connectivity index (χ3v) is 4.98. The highest BCUT2D eigenvalue weighted by Gasteiger charge is 2.29. The Kier molecular flexibility index (Phi) is 6.51. The predicted molar refractivity (Wildman–Crippen MR) is 122 cm³/mol. The van der Waals surface area contributed by atoms with Crippen LogP contribution >= 0.6 is 23.8 Å². The lowest BCUT2D eigenvalue weighted by atomic mass is 9.95. The van der Waals surface area contributed by atoms with Gasteiger partial charge in [0.25, 0.3) is 5.91 Å². The van der Waals surface area contributed by atoms with Crippen molar-refractivity contribution in [1.82, 2.24) is 16.1 Å². The van der Waals surface area contributed by atoms with Crippen LogP contribution in [0.2, 0.25) is 5.02 Å². The van der Waals surface area contributed by atoms with Gasteiger partial charge in [-0.15, -0.1) is 0 Å². The summed E-state index contributed by atoms with van der Waals surface area (Å²) in [4.78, 5) is 14.9. The Bertz CT molecular complexity index is 968. The Morgan fingerprint density at radius 3 is 2.45 bits per heavy atom. The molecule has 0 saturated heterocycles. The maximum Gasteiger partial charge on any atom is 0.271 e. The fraction of sp³-hybridized carbons (Fsp3) is 0.190. The fourth-order valence-corrected chi connectivity index (χ4v) is 3.38. The van der Waals surface area contributed by atoms with Crippen molar-refractivity contribution in [2.45, 2.75) is 13.0 Å². The number of nitrogens with zero attached hydrogens (tertiary/aromatic N) is 2. The highest BCUT2D eigenvalue weighted by molar-refractivity contribution is 7.80. The molecule has 1 amide bonds. The van der Waals surface area contributed by atoms with E-state index in [9.17, 15) is 4.79 Å². The first-order valence-electron chi connectivity index (χ1n) is 8.99. The van der Waals surface area contributed by atoms with Crippen LogP contribution in [0.25, 0.3) is 0 Å². The molecule has 1 aliphatic heterocycles. The summed E-state index contributed by atoms with van der Waals surface area (Å²) < 4.78 is 0. The number of carbonyl (C=O) groups is 1. The Morgan fingerprint density at radius 2 is 1.83 bits per heavy atom. The zero-order chi connectivity index (χ0) is 21.0. The van der Waals surface area contributed by atoms with Gasteiger partial charge in [0.1, 0.15) is 0 Å². The molecule has 1 heterocycles. The van der Waals surface area contributed by atoms with Crippen LogP contribution in [0.5, 0.6) is 0 Å². The van der Waals surface area contributed by atoms with Gasteiger partial charge in [0.2, 0.25) is 0 Å². The summed E-state index contributed by atoms with van der Waals surface area (Å²) >= 11 is 11.2. The summed E-state index contributed by atoms with van der Waals surface area (Å²) in [6.45, 7) is 1.83. The van der Waals surface area contributed by atoms with E-state index < -0.39 is 0 Å². The first kappa shape index (κ1) is 20.8. The smallest absolute Gasteiger partial charge is 0.271 e. The van der Waals surface area contributed by atoms with Crippen molar-refractivity contribution in [3.05, 3.63) is 76.0 Å². The number of allylic oxidation sites excluding steroid dienone is 1. The van der Waals surface area contributed by atoms with Crippen molar-refractivity contribution in [3.8, 4) is 0 Å². The number of carbonyl (C=O) groups excluding carboxylic acids is 1. The van der Waals surface area contributed by atoms with Crippen molar-refractivity contribution >= 4 is 46.7 Å². The SMILES string of the molecule is CC1=C(C(=O)N/N=C/c2ccc(Cl)cc2)C(c2ccc(N(C)C)cc2)NC(=S)N1. The lowest BCUT2D eigenvalue weighted by Crippen LogP contribution is -2.46. The molecule has 0 saturated carbocycles. The van der Waals surface area contributed by atoms with E-state index in [1.807, 2.05) is 62.3 Å². The molecule has 0 fully saturated rings. The average molecular weight is 428 g/mol. The number of hydrogen-bond acceptors (Lipinski definition) is 4. The van der Waals surface area contributed by atoms with E-state index in [1.54, 1.807) is 18.3 Å². The Hall–Kier alpha value is -2.90. The lowest BCUT2D eigenvalue weighted by Gasteiger charge is -2.30. The third-order valence-electron chi connectivity index (χ3n) is 4.51. The Morgan fingerprint density at radius 1 is 1.17 bits per heavy atom. The topological polar surface area (TPSA) is 68.8 Å². The number of hydrazone groups is 1. The first-order chi connectivity index (χ1) is 13.8. The molecule has 0 aromatic heterocycles. The summed E-state index contributed by atoms with van der Waals surface area (Å²) in [6, 6.07) is 14.8. The monoisotopic (exact) mass is 427 g/mol. The minimum absolute atomic E-state index is 0.308. The van der Waals surface area contributed by atoms with Crippen LogP contribution in [-0.4, -0.2) is 31.3 Å². The minimum atomic E-state index is -0.370. The predicted octanol–water partition coefficient (Wildman–Crippen LogP) is 3.35. The van der Waals surface area contributed by atoms with E-state index in [0.717, 1.165) is 16.8 Å². The van der Waals surface area contributed by atoms with Crippen LogP contribution in [0.4, 0.5) is 5.69 Å². The van der Waals surface area contributed by atoms with Crippen molar-refractivity contribution < 1.29 is 4.79 Å². The van der Waals surface area contributed by atoms with E-state index in [1.165, 1.54) is 0 Å². The highest BCUT2D eigenvalue weighted by Crippen LogP contribution is 2.28. The van der Waals surface area contributed by atoms with Gasteiger partial charge in [-0.05, 0) is 54.5 Å². The Balaban J connectivity index is 1.81. The standard InChI is InChI=1S/C21H22ClN5OS/c1-13-18(20(28)26-23-12-14-4-8-16(22)9-5-14)19(25-21(29)24-13)15-6-10-17(11-7-15)27(2)3/h4-12,19H,1-3H3,(H,26,28)(H2,24,25,29)/b23-12+. The van der Waals surface area contributed by atoms with Crippen molar-refractivity contribution in [3.63, 3.8) is 0 Å². The largest absolute Gasteiger partial charge is 0.378 e. The molecule has 0 bridgehead atoms. The maximum absolute atomic E-state index is 12.9. The van der Waals surface area contributed by atoms with Crippen LogP contribution in [0.15, 0.2) is 64.9 Å². The molecule has 0 radical (unpaired) electrons. The quantitative estimate of drug-likeness (QED) is 0.388. The van der Waals surface area contributed by atoms with E-state index in [-0.39, 0.29) is 11.9 Å². The number of anilines is 1. The number of benzene rings is 2. The molecular weight excluding hydrogens is 406 g/mol. The van der Waals surface area contributed by atoms with Crippen LogP contribution in [0, 0.1) is 0 Å². The molecular formula is C21H22ClN5OS. The molecule has 0 aliphatic carbocycles. The van der Waals surface area contributed by atoms with Gasteiger partial charge in [-0.25, -0.2) is 5.43 Å². The van der Waals surface area contributed by atoms with Crippen molar-refractivity contribution in [2.24, 2.45) is 5.10 Å². The molecule has 29 heavy (non-hydrogen) atoms. The molecule has 3 rings (SSSR count). The normalized spacial score (nSPS) is 16.4. The number of hydrogen-bond donors (Lipinski definition) is 3. The maximum atomic E-state index is 12.9. The van der Waals surface area contributed by atoms with E-state index >= 15 is 0 Å². The molecule has 6 nitrogen and oxygen atoms in total. The van der Waals surface area contributed by atoms with Gasteiger partial charge in [0, 0.05) is 30.5 Å². The van der Waals surface area contributed by atoms with E-state index in [0.29, 0.717) is 21.4 Å². The number of amides is 1.